The summed E-state index contributed by atoms with van der Waals surface area (Å²) in [5, 5.41) is 0. The first kappa shape index (κ1) is 15.4. The van der Waals surface area contributed by atoms with Crippen molar-refractivity contribution in [2.24, 2.45) is 11.7 Å². The zero-order valence-electron chi connectivity index (χ0n) is 12.1. The van der Waals surface area contributed by atoms with Crippen molar-refractivity contribution >= 4 is 0 Å². The fraction of sp³-hybridized carbons (Fsp3) is 0.294. The molecule has 2 unspecified atom stereocenters. The van der Waals surface area contributed by atoms with E-state index in [0.717, 1.165) is 11.6 Å². The summed E-state index contributed by atoms with van der Waals surface area (Å²) in [6.45, 7) is 3.91. The molecule has 4 heteroatoms. The molecular weight excluding hydrogens is 272 g/mol. The first-order valence-electron chi connectivity index (χ1n) is 6.91. The summed E-state index contributed by atoms with van der Waals surface area (Å²) in [5.74, 6) is -1.26. The molecule has 0 heterocycles. The first-order valence-corrected chi connectivity index (χ1v) is 6.91. The normalized spacial score (nSPS) is 14.0. The Balaban J connectivity index is 2.23. The van der Waals surface area contributed by atoms with E-state index in [2.05, 4.69) is 0 Å². The molecule has 0 aromatic heterocycles. The lowest BCUT2D eigenvalue weighted by Crippen LogP contribution is -2.36. The van der Waals surface area contributed by atoms with Crippen molar-refractivity contribution in [1.82, 2.24) is 0 Å². The zero-order chi connectivity index (χ0) is 15.4. The number of ether oxygens (including phenoxy) is 1. The molecule has 0 spiro atoms. The molecule has 21 heavy (non-hydrogen) atoms. The Morgan fingerprint density at radius 1 is 1.00 bits per heavy atom. The molecule has 0 saturated heterocycles. The lowest BCUT2D eigenvalue weighted by Gasteiger charge is -2.28. The summed E-state index contributed by atoms with van der Waals surface area (Å²) in [4.78, 5) is 0. The molecular formula is C17H19F2NO. The Labute approximate surface area is 123 Å². The lowest BCUT2D eigenvalue weighted by molar-refractivity contribution is 0.118. The molecule has 2 aromatic carbocycles. The van der Waals surface area contributed by atoms with Gasteiger partial charge in [0.1, 0.15) is 11.9 Å². The smallest absolute Gasteiger partial charge is 0.167 e. The molecule has 2 rings (SSSR count). The van der Waals surface area contributed by atoms with Crippen LogP contribution >= 0.6 is 0 Å². The Morgan fingerprint density at radius 3 is 2.24 bits per heavy atom. The van der Waals surface area contributed by atoms with Gasteiger partial charge in [0, 0.05) is 6.07 Å². The number of nitrogens with two attached hydrogens (primary N) is 1. The largest absolute Gasteiger partial charge is 0.485 e. The van der Waals surface area contributed by atoms with Crippen LogP contribution in [-0.2, 0) is 0 Å². The van der Waals surface area contributed by atoms with E-state index in [1.807, 2.05) is 44.2 Å². The van der Waals surface area contributed by atoms with Crippen molar-refractivity contribution in [1.29, 1.82) is 0 Å². The molecule has 2 aromatic rings. The van der Waals surface area contributed by atoms with Crippen molar-refractivity contribution in [2.75, 3.05) is 0 Å². The minimum atomic E-state index is -0.721. The van der Waals surface area contributed by atoms with Gasteiger partial charge in [-0.2, -0.15) is 0 Å². The number of rotatable bonds is 5. The van der Waals surface area contributed by atoms with E-state index in [9.17, 15) is 8.78 Å². The highest BCUT2D eigenvalue weighted by Crippen LogP contribution is 2.27. The average Bonchev–Trinajstić information content (AvgIpc) is 2.46. The Bertz CT molecular complexity index is 587. The topological polar surface area (TPSA) is 35.2 Å². The zero-order valence-corrected chi connectivity index (χ0v) is 12.1. The number of hydrogen-bond acceptors (Lipinski definition) is 2. The van der Waals surface area contributed by atoms with E-state index in [1.54, 1.807) is 0 Å². The van der Waals surface area contributed by atoms with E-state index < -0.39 is 23.8 Å². The fourth-order valence-corrected chi connectivity index (χ4v) is 2.21. The fourth-order valence-electron chi connectivity index (χ4n) is 2.21. The van der Waals surface area contributed by atoms with Crippen molar-refractivity contribution < 1.29 is 13.5 Å². The molecule has 2 atom stereocenters. The molecule has 2 nitrogen and oxygen atoms in total. The molecule has 0 saturated carbocycles. The van der Waals surface area contributed by atoms with Gasteiger partial charge in [0.05, 0.1) is 6.04 Å². The summed E-state index contributed by atoms with van der Waals surface area (Å²) in [6.07, 6.45) is -0.410. The van der Waals surface area contributed by atoms with Gasteiger partial charge >= 0.3 is 0 Å². The number of halogens is 2. The highest BCUT2D eigenvalue weighted by Gasteiger charge is 2.25. The second kappa shape index (κ2) is 6.68. The summed E-state index contributed by atoms with van der Waals surface area (Å²) in [6, 6.07) is 12.4. The summed E-state index contributed by atoms with van der Waals surface area (Å²) >= 11 is 0. The first-order chi connectivity index (χ1) is 9.99. The Hall–Kier alpha value is -1.94. The van der Waals surface area contributed by atoms with E-state index in [-0.39, 0.29) is 11.7 Å². The minimum Gasteiger partial charge on any atom is -0.485 e. The maximum absolute atomic E-state index is 13.7. The molecule has 0 aliphatic rings. The molecule has 0 bridgehead atoms. The summed E-state index contributed by atoms with van der Waals surface area (Å²) in [7, 11) is 0. The number of hydrogen-bond donors (Lipinski definition) is 1. The van der Waals surface area contributed by atoms with Gasteiger partial charge in [-0.25, -0.2) is 8.78 Å². The summed E-state index contributed by atoms with van der Waals surface area (Å²) in [5.41, 5.74) is 7.16. The van der Waals surface area contributed by atoms with Gasteiger partial charge in [-0.3, -0.25) is 0 Å². The van der Waals surface area contributed by atoms with E-state index in [0.29, 0.717) is 0 Å². The van der Waals surface area contributed by atoms with Gasteiger partial charge in [-0.1, -0.05) is 44.2 Å². The summed E-state index contributed by atoms with van der Waals surface area (Å²) < 4.78 is 32.4. The number of benzene rings is 2. The van der Waals surface area contributed by atoms with Crippen LogP contribution in [0.1, 0.15) is 25.5 Å². The van der Waals surface area contributed by atoms with Gasteiger partial charge in [-0.15, -0.1) is 0 Å². The van der Waals surface area contributed by atoms with Crippen LogP contribution in [0.3, 0.4) is 0 Å². The van der Waals surface area contributed by atoms with Gasteiger partial charge in [-0.05, 0) is 23.6 Å². The van der Waals surface area contributed by atoms with Crippen LogP contribution in [0.2, 0.25) is 0 Å². The van der Waals surface area contributed by atoms with Crippen LogP contribution in [0.25, 0.3) is 0 Å². The Kier molecular flexibility index (Phi) is 4.91. The highest BCUT2D eigenvalue weighted by atomic mass is 19.1. The minimum absolute atomic E-state index is 0.0153. The monoisotopic (exact) mass is 291 g/mol. The third-order valence-corrected chi connectivity index (χ3v) is 3.35. The maximum Gasteiger partial charge on any atom is 0.167 e. The van der Waals surface area contributed by atoms with Crippen molar-refractivity contribution in [3.8, 4) is 5.75 Å². The molecule has 0 aliphatic carbocycles. The van der Waals surface area contributed by atoms with Crippen molar-refractivity contribution in [3.63, 3.8) is 0 Å². The molecule has 0 amide bonds. The van der Waals surface area contributed by atoms with Gasteiger partial charge in [0.15, 0.2) is 11.6 Å². The van der Waals surface area contributed by atoms with E-state index >= 15 is 0 Å². The molecule has 0 aliphatic heterocycles. The van der Waals surface area contributed by atoms with Crippen LogP contribution < -0.4 is 10.5 Å². The highest BCUT2D eigenvalue weighted by molar-refractivity contribution is 5.26. The van der Waals surface area contributed by atoms with Crippen molar-refractivity contribution in [3.05, 3.63) is 65.7 Å². The third kappa shape index (κ3) is 3.79. The predicted molar refractivity (Wildman–Crippen MR) is 79.0 cm³/mol. The van der Waals surface area contributed by atoms with Crippen LogP contribution in [0.15, 0.2) is 48.5 Å². The predicted octanol–water partition coefficient (Wildman–Crippen LogP) is 4.07. The standard InChI is InChI=1S/C17H19F2NO/c1-11(2)17(16(20)12-6-4-3-5-7-12)21-15-9-8-13(18)10-14(15)19/h3-11,16-17H,20H2,1-2H3. The quantitative estimate of drug-likeness (QED) is 0.901. The second-order valence-electron chi connectivity index (χ2n) is 5.34. The molecule has 0 radical (unpaired) electrons. The van der Waals surface area contributed by atoms with E-state index in [1.165, 1.54) is 12.1 Å². The van der Waals surface area contributed by atoms with Crippen LogP contribution in [0.5, 0.6) is 5.75 Å². The SMILES string of the molecule is CC(C)C(Oc1ccc(F)cc1F)C(N)c1ccccc1. The van der Waals surface area contributed by atoms with Gasteiger partial charge < -0.3 is 10.5 Å². The van der Waals surface area contributed by atoms with E-state index in [4.69, 9.17) is 10.5 Å². The lowest BCUT2D eigenvalue weighted by atomic mass is 9.94. The average molecular weight is 291 g/mol. The van der Waals surface area contributed by atoms with Crippen LogP contribution in [-0.4, -0.2) is 6.10 Å². The van der Waals surface area contributed by atoms with Crippen LogP contribution in [0.4, 0.5) is 8.78 Å². The maximum atomic E-state index is 13.7. The van der Waals surface area contributed by atoms with Crippen LogP contribution in [0, 0.1) is 17.6 Å². The van der Waals surface area contributed by atoms with Gasteiger partial charge in [0.2, 0.25) is 0 Å². The molecule has 112 valence electrons. The third-order valence-electron chi connectivity index (χ3n) is 3.35. The Morgan fingerprint density at radius 2 is 1.67 bits per heavy atom. The van der Waals surface area contributed by atoms with Crippen molar-refractivity contribution in [2.45, 2.75) is 26.0 Å². The second-order valence-corrected chi connectivity index (χ2v) is 5.34. The molecule has 0 fully saturated rings. The van der Waals surface area contributed by atoms with Gasteiger partial charge in [0.25, 0.3) is 0 Å². The molecule has 2 N–H and O–H groups in total.